The average Bonchev–Trinajstić information content (AvgIpc) is 2.73. The number of para-hydroxylation sites is 2. The van der Waals surface area contributed by atoms with Crippen LogP contribution < -0.4 is 8.85 Å². The maximum absolute atomic E-state index is 4.44. The summed E-state index contributed by atoms with van der Waals surface area (Å²) in [6.45, 7) is 4.39. The van der Waals surface area contributed by atoms with Crippen molar-refractivity contribution >= 4 is 35.4 Å². The summed E-state index contributed by atoms with van der Waals surface area (Å²) in [5, 5.41) is 4.44. The molecule has 4 aromatic rings. The molecule has 2 heteroatoms. The van der Waals surface area contributed by atoms with Gasteiger partial charge in [-0.05, 0) is 0 Å². The van der Waals surface area contributed by atoms with E-state index in [4.69, 9.17) is 0 Å². The monoisotopic (exact) mass is 377 g/mol. The molecule has 0 unspecified atom stereocenters. The number of aryl methyl sites for hydroxylation is 2. The van der Waals surface area contributed by atoms with Crippen molar-refractivity contribution in [3.8, 4) is 0 Å². The molecule has 0 fully saturated rings. The molecule has 0 N–H and O–H groups in total. The van der Waals surface area contributed by atoms with Gasteiger partial charge in [-0.2, -0.15) is 0 Å². The van der Waals surface area contributed by atoms with Crippen LogP contribution in [0.2, 0.25) is 0 Å². The Morgan fingerprint density at radius 2 is 0.821 bits per heavy atom. The molecule has 0 radical (unpaired) electrons. The fourth-order valence-electron chi connectivity index (χ4n) is 2.82. The summed E-state index contributed by atoms with van der Waals surface area (Å²) in [5.74, 6) is 0. The van der Waals surface area contributed by atoms with Crippen LogP contribution in [0.15, 0.2) is 109 Å². The van der Waals surface area contributed by atoms with E-state index in [2.05, 4.69) is 67.7 Å². The molecule has 1 nitrogen and oxygen atoms in total. The second kappa shape index (κ2) is 10.5. The predicted molar refractivity (Wildman–Crippen MR) is 123 cm³/mol. The molecule has 0 atom stereocenters. The minimum Gasteiger partial charge on any atom is -0.658 e. The van der Waals surface area contributed by atoms with Gasteiger partial charge in [0.2, 0.25) is 0 Å². The molecule has 0 aliphatic heterocycles. The van der Waals surface area contributed by atoms with E-state index in [1.54, 1.807) is 0 Å². The van der Waals surface area contributed by atoms with E-state index in [1.807, 2.05) is 60.7 Å². The van der Waals surface area contributed by atoms with Gasteiger partial charge in [-0.15, -0.1) is 11.4 Å². The Kier molecular flexibility index (Phi) is 7.50. The third-order valence-corrected chi connectivity index (χ3v) is 6.38. The maximum Gasteiger partial charge on any atom is -0.0624 e. The average molecular weight is 377 g/mol. The molecule has 0 heterocycles. The van der Waals surface area contributed by atoms with Gasteiger partial charge in [0.15, 0.2) is 0 Å². The predicted octanol–water partition coefficient (Wildman–Crippen LogP) is 5.98. The Bertz CT molecular complexity index is 900. The molecular formula is C26H24AlN. The van der Waals surface area contributed by atoms with Crippen molar-refractivity contribution in [2.45, 2.75) is 13.8 Å². The number of hydrogen-bond acceptors (Lipinski definition) is 0. The number of hydrogen-bond donors (Lipinski definition) is 0. The van der Waals surface area contributed by atoms with Crippen molar-refractivity contribution in [2.75, 3.05) is 0 Å². The zero-order valence-corrected chi connectivity index (χ0v) is 17.6. The standard InChI is InChI=1S/C12H10N.2C7H7.Al/c1-3-7-11(8-4-1)13-12-9-5-2-6-10-12;2*1-7-5-3-2-4-6-7;/h1-10H;2*2-5H,1H3;/q-1;;;+1. The summed E-state index contributed by atoms with van der Waals surface area (Å²) in [4.78, 5) is 0. The maximum atomic E-state index is 4.44. The fourth-order valence-corrected chi connectivity index (χ4v) is 4.22. The first-order valence-corrected chi connectivity index (χ1v) is 10.7. The molecule has 0 aromatic heterocycles. The van der Waals surface area contributed by atoms with Gasteiger partial charge in [-0.1, -0.05) is 60.7 Å². The number of rotatable bonds is 4. The van der Waals surface area contributed by atoms with Crippen molar-refractivity contribution in [2.24, 2.45) is 0 Å². The van der Waals surface area contributed by atoms with Crippen LogP contribution in [0.4, 0.5) is 11.4 Å². The Morgan fingerprint density at radius 3 is 1.21 bits per heavy atom. The van der Waals surface area contributed by atoms with Crippen LogP contribution in [0.25, 0.3) is 5.32 Å². The van der Waals surface area contributed by atoms with Crippen LogP contribution in [0.3, 0.4) is 0 Å². The van der Waals surface area contributed by atoms with E-state index < -0.39 is 0 Å². The molecule has 28 heavy (non-hydrogen) atoms. The first kappa shape index (κ1) is 20.0. The third kappa shape index (κ3) is 6.13. The summed E-state index contributed by atoms with van der Waals surface area (Å²) >= 11 is 0.241. The molecule has 4 rings (SSSR count). The van der Waals surface area contributed by atoms with Crippen LogP contribution in [0.5, 0.6) is 0 Å². The minimum absolute atomic E-state index is 0.241. The zero-order valence-electron chi connectivity index (χ0n) is 16.4. The first-order chi connectivity index (χ1) is 13.7. The van der Waals surface area contributed by atoms with Crippen molar-refractivity contribution < 1.29 is 0 Å². The molecule has 136 valence electrons. The van der Waals surface area contributed by atoms with Gasteiger partial charge in [0.25, 0.3) is 0 Å². The Balaban J connectivity index is 0.000000162. The summed E-state index contributed by atoms with van der Waals surface area (Å²) in [6, 6.07) is 37.3. The van der Waals surface area contributed by atoms with E-state index in [0.717, 1.165) is 11.4 Å². The summed E-state index contributed by atoms with van der Waals surface area (Å²) in [5.41, 5.74) is 4.81. The van der Waals surface area contributed by atoms with Crippen LogP contribution in [-0.4, -0.2) is 15.2 Å². The Morgan fingerprint density at radius 1 is 0.464 bits per heavy atom. The molecule has 4 aromatic carbocycles. The largest absolute Gasteiger partial charge is 0.658 e. The van der Waals surface area contributed by atoms with Gasteiger partial charge < -0.3 is 5.32 Å². The van der Waals surface area contributed by atoms with Crippen LogP contribution in [-0.2, 0) is 0 Å². The molecule has 0 aliphatic carbocycles. The molecule has 0 spiro atoms. The number of nitrogens with zero attached hydrogens (tertiary/aromatic N) is 1. The van der Waals surface area contributed by atoms with E-state index in [-0.39, 0.29) is 15.2 Å². The normalized spacial score (nSPS) is 9.64. The Hall–Kier alpha value is -2.79. The summed E-state index contributed by atoms with van der Waals surface area (Å²) < 4.78 is 3.01. The van der Waals surface area contributed by atoms with E-state index in [9.17, 15) is 0 Å². The van der Waals surface area contributed by atoms with Gasteiger partial charge in [0.1, 0.15) is 0 Å². The van der Waals surface area contributed by atoms with E-state index >= 15 is 0 Å². The second-order valence-electron chi connectivity index (χ2n) is 6.64. The Labute approximate surface area is 174 Å². The first-order valence-electron chi connectivity index (χ1n) is 9.50. The van der Waals surface area contributed by atoms with Crippen LogP contribution in [0.1, 0.15) is 11.1 Å². The molecular weight excluding hydrogens is 353 g/mol. The van der Waals surface area contributed by atoms with Crippen molar-refractivity contribution in [1.82, 2.24) is 0 Å². The van der Waals surface area contributed by atoms with E-state index in [0.29, 0.717) is 0 Å². The third-order valence-electron chi connectivity index (χ3n) is 4.46. The second-order valence-corrected chi connectivity index (χ2v) is 8.17. The quantitative estimate of drug-likeness (QED) is 0.388. The van der Waals surface area contributed by atoms with Crippen molar-refractivity contribution in [1.29, 1.82) is 0 Å². The van der Waals surface area contributed by atoms with Gasteiger partial charge in [-0.25, -0.2) is 0 Å². The fraction of sp³-hybridized carbons (Fsp3) is 0.0769. The molecule has 0 aliphatic rings. The van der Waals surface area contributed by atoms with Crippen LogP contribution >= 0.6 is 0 Å². The SMILES string of the molecule is Cc1cccc[c]1[Al+][c]1ccccc1C.c1ccc([N-]c2ccccc2)cc1. The minimum atomic E-state index is 0.241. The summed E-state index contributed by atoms with van der Waals surface area (Å²) in [7, 11) is 0. The molecule has 0 bridgehead atoms. The summed E-state index contributed by atoms with van der Waals surface area (Å²) in [6.07, 6.45) is 0. The van der Waals surface area contributed by atoms with Crippen LogP contribution in [0, 0.1) is 13.8 Å². The van der Waals surface area contributed by atoms with E-state index in [1.165, 1.54) is 20.0 Å². The van der Waals surface area contributed by atoms with Gasteiger partial charge in [0.05, 0.1) is 0 Å². The van der Waals surface area contributed by atoms with Crippen molar-refractivity contribution in [3.63, 3.8) is 0 Å². The van der Waals surface area contributed by atoms with Gasteiger partial charge in [0, 0.05) is 0 Å². The smallest absolute Gasteiger partial charge is 0.0624 e. The molecule has 0 saturated heterocycles. The molecule has 0 amide bonds. The van der Waals surface area contributed by atoms with Crippen molar-refractivity contribution in [3.05, 3.63) is 126 Å². The van der Waals surface area contributed by atoms with Gasteiger partial charge in [-0.3, -0.25) is 0 Å². The number of benzene rings is 4. The van der Waals surface area contributed by atoms with Gasteiger partial charge >= 0.3 is 97.6 Å². The topological polar surface area (TPSA) is 14.1 Å². The molecule has 0 saturated carbocycles. The zero-order chi connectivity index (χ0) is 19.6.